The standard InChI is InChI=1S/C11H14N4O3/c1-17-7-18-15-10-3-2-8(5-11(12)14-16)4-9(10)6-13-15/h2-4,6,16H,5,7H2,1H3,(H2,12,14). The molecule has 96 valence electrons. The number of aromatic nitrogens is 2. The number of hydrogen-bond acceptors (Lipinski definition) is 5. The van der Waals surface area contributed by atoms with E-state index in [-0.39, 0.29) is 12.6 Å². The van der Waals surface area contributed by atoms with Crippen molar-refractivity contribution in [2.75, 3.05) is 13.9 Å². The summed E-state index contributed by atoms with van der Waals surface area (Å²) in [7, 11) is 1.54. The first-order valence-electron chi connectivity index (χ1n) is 5.30. The molecule has 0 bridgehead atoms. The molecule has 0 saturated heterocycles. The van der Waals surface area contributed by atoms with E-state index in [4.69, 9.17) is 20.5 Å². The summed E-state index contributed by atoms with van der Waals surface area (Å²) in [6, 6.07) is 5.64. The summed E-state index contributed by atoms with van der Waals surface area (Å²) in [6.45, 7) is 0.128. The number of hydrogen-bond donors (Lipinski definition) is 2. The summed E-state index contributed by atoms with van der Waals surface area (Å²) in [6.07, 6.45) is 2.07. The highest BCUT2D eigenvalue weighted by Gasteiger charge is 2.05. The van der Waals surface area contributed by atoms with Crippen LogP contribution in [-0.4, -0.2) is 34.9 Å². The number of rotatable bonds is 5. The minimum absolute atomic E-state index is 0.128. The predicted molar refractivity (Wildman–Crippen MR) is 65.3 cm³/mol. The summed E-state index contributed by atoms with van der Waals surface area (Å²) in [5.41, 5.74) is 7.22. The van der Waals surface area contributed by atoms with Crippen molar-refractivity contribution in [3.8, 4) is 0 Å². The van der Waals surface area contributed by atoms with Crippen LogP contribution in [0.1, 0.15) is 5.56 Å². The van der Waals surface area contributed by atoms with E-state index in [0.717, 1.165) is 16.5 Å². The fraction of sp³-hybridized carbons (Fsp3) is 0.273. The van der Waals surface area contributed by atoms with E-state index in [2.05, 4.69) is 10.3 Å². The quantitative estimate of drug-likeness (QED) is 0.262. The number of benzene rings is 1. The highest BCUT2D eigenvalue weighted by Crippen LogP contribution is 2.15. The molecule has 0 unspecified atom stereocenters. The van der Waals surface area contributed by atoms with Crippen LogP contribution in [0.15, 0.2) is 29.6 Å². The van der Waals surface area contributed by atoms with Crippen molar-refractivity contribution >= 4 is 16.7 Å². The number of nitrogens with zero attached hydrogens (tertiary/aromatic N) is 3. The molecule has 3 N–H and O–H groups in total. The highest BCUT2D eigenvalue weighted by atomic mass is 16.8. The van der Waals surface area contributed by atoms with Gasteiger partial charge in [-0.05, 0) is 17.7 Å². The molecular formula is C11H14N4O3. The second-order valence-electron chi connectivity index (χ2n) is 3.71. The van der Waals surface area contributed by atoms with E-state index >= 15 is 0 Å². The third kappa shape index (κ3) is 2.51. The number of methoxy groups -OCH3 is 1. The number of fused-ring (bicyclic) bond motifs is 1. The lowest BCUT2D eigenvalue weighted by atomic mass is 10.1. The Morgan fingerprint density at radius 3 is 3.11 bits per heavy atom. The number of oxime groups is 1. The summed E-state index contributed by atoms with van der Waals surface area (Å²) < 4.78 is 4.81. The molecule has 0 aliphatic carbocycles. The van der Waals surface area contributed by atoms with Gasteiger partial charge in [0.1, 0.15) is 11.4 Å². The molecule has 2 rings (SSSR count). The van der Waals surface area contributed by atoms with E-state index in [1.165, 1.54) is 4.85 Å². The van der Waals surface area contributed by atoms with Crippen molar-refractivity contribution < 1.29 is 14.8 Å². The van der Waals surface area contributed by atoms with Gasteiger partial charge in [-0.15, -0.1) is 5.10 Å². The van der Waals surface area contributed by atoms with Crippen LogP contribution < -0.4 is 10.6 Å². The van der Waals surface area contributed by atoms with Crippen molar-refractivity contribution in [2.45, 2.75) is 6.42 Å². The SMILES string of the molecule is COCOn1ncc2cc(C/C(N)=N/O)ccc21. The molecule has 1 heterocycles. The Morgan fingerprint density at radius 2 is 2.39 bits per heavy atom. The van der Waals surface area contributed by atoms with Gasteiger partial charge in [0, 0.05) is 18.9 Å². The maximum atomic E-state index is 8.52. The Bertz CT molecular complexity index is 564. The van der Waals surface area contributed by atoms with Gasteiger partial charge in [0.15, 0.2) is 0 Å². The van der Waals surface area contributed by atoms with Gasteiger partial charge in [-0.1, -0.05) is 16.1 Å². The molecular weight excluding hydrogens is 236 g/mol. The van der Waals surface area contributed by atoms with Crippen molar-refractivity contribution in [1.82, 2.24) is 9.94 Å². The third-order valence-electron chi connectivity index (χ3n) is 2.41. The third-order valence-corrected chi connectivity index (χ3v) is 2.41. The lowest BCUT2D eigenvalue weighted by molar-refractivity contribution is -0.0464. The van der Waals surface area contributed by atoms with Gasteiger partial charge in [0.2, 0.25) is 6.79 Å². The number of ether oxygens (including phenoxy) is 1. The van der Waals surface area contributed by atoms with Crippen molar-refractivity contribution in [1.29, 1.82) is 0 Å². The van der Waals surface area contributed by atoms with Gasteiger partial charge >= 0.3 is 0 Å². The van der Waals surface area contributed by atoms with Gasteiger partial charge in [-0.25, -0.2) is 0 Å². The van der Waals surface area contributed by atoms with Gasteiger partial charge in [0.05, 0.1) is 6.20 Å². The molecule has 0 fully saturated rings. The van der Waals surface area contributed by atoms with Crippen LogP contribution in [0, 0.1) is 0 Å². The Balaban J connectivity index is 2.25. The van der Waals surface area contributed by atoms with E-state index in [0.29, 0.717) is 6.42 Å². The Morgan fingerprint density at radius 1 is 1.56 bits per heavy atom. The second-order valence-corrected chi connectivity index (χ2v) is 3.71. The molecule has 18 heavy (non-hydrogen) atoms. The summed E-state index contributed by atoms with van der Waals surface area (Å²) in [4.78, 5) is 6.64. The first-order chi connectivity index (χ1) is 8.74. The van der Waals surface area contributed by atoms with E-state index in [1.807, 2.05) is 18.2 Å². The molecule has 7 nitrogen and oxygen atoms in total. The van der Waals surface area contributed by atoms with Crippen molar-refractivity contribution in [3.05, 3.63) is 30.0 Å². The molecule has 0 spiro atoms. The zero-order chi connectivity index (χ0) is 13.0. The smallest absolute Gasteiger partial charge is 0.216 e. The minimum atomic E-state index is 0.128. The summed E-state index contributed by atoms with van der Waals surface area (Å²) >= 11 is 0. The van der Waals surface area contributed by atoms with Gasteiger partial charge in [0.25, 0.3) is 0 Å². The topological polar surface area (TPSA) is 94.9 Å². The van der Waals surface area contributed by atoms with Crippen molar-refractivity contribution in [2.24, 2.45) is 10.9 Å². The maximum absolute atomic E-state index is 8.52. The zero-order valence-corrected chi connectivity index (χ0v) is 9.91. The molecule has 0 radical (unpaired) electrons. The molecule has 2 aromatic rings. The Hall–Kier alpha value is -2.28. The lowest BCUT2D eigenvalue weighted by Crippen LogP contribution is -2.15. The van der Waals surface area contributed by atoms with Crippen LogP contribution in [0.4, 0.5) is 0 Å². The molecule has 0 aliphatic heterocycles. The molecule has 0 amide bonds. The first kappa shape index (κ1) is 12.2. The van der Waals surface area contributed by atoms with Crippen LogP contribution in [-0.2, 0) is 11.2 Å². The van der Waals surface area contributed by atoms with E-state index in [1.54, 1.807) is 13.3 Å². The van der Waals surface area contributed by atoms with Crippen LogP contribution in [0.3, 0.4) is 0 Å². The van der Waals surface area contributed by atoms with Crippen LogP contribution in [0.5, 0.6) is 0 Å². The van der Waals surface area contributed by atoms with Gasteiger partial charge in [-0.3, -0.25) is 0 Å². The Kier molecular flexibility index (Phi) is 3.63. The Labute approximate surface area is 103 Å². The molecule has 0 aliphatic rings. The van der Waals surface area contributed by atoms with Crippen LogP contribution in [0.2, 0.25) is 0 Å². The summed E-state index contributed by atoms with van der Waals surface area (Å²) in [5, 5.41) is 16.5. The van der Waals surface area contributed by atoms with Gasteiger partial charge in [-0.2, -0.15) is 0 Å². The molecule has 0 atom stereocenters. The van der Waals surface area contributed by atoms with Gasteiger partial charge < -0.3 is 20.5 Å². The molecule has 1 aromatic carbocycles. The van der Waals surface area contributed by atoms with E-state index < -0.39 is 0 Å². The first-order valence-corrected chi connectivity index (χ1v) is 5.30. The zero-order valence-electron chi connectivity index (χ0n) is 9.91. The van der Waals surface area contributed by atoms with Crippen LogP contribution in [0.25, 0.3) is 10.9 Å². The maximum Gasteiger partial charge on any atom is 0.216 e. The van der Waals surface area contributed by atoms with Crippen molar-refractivity contribution in [3.63, 3.8) is 0 Å². The lowest BCUT2D eigenvalue weighted by Gasteiger charge is -2.05. The second kappa shape index (κ2) is 5.37. The molecule has 1 aromatic heterocycles. The average Bonchev–Trinajstić information content (AvgIpc) is 2.78. The fourth-order valence-corrected chi connectivity index (χ4v) is 1.62. The number of amidine groups is 1. The molecule has 0 saturated carbocycles. The fourth-order valence-electron chi connectivity index (χ4n) is 1.62. The minimum Gasteiger partial charge on any atom is -0.409 e. The summed E-state index contributed by atoms with van der Waals surface area (Å²) in [5.74, 6) is 0.164. The highest BCUT2D eigenvalue weighted by molar-refractivity contribution is 5.84. The number of nitrogens with two attached hydrogens (primary N) is 1. The molecule has 7 heteroatoms. The largest absolute Gasteiger partial charge is 0.409 e. The predicted octanol–water partition coefficient (Wildman–Crippen LogP) is 0.358. The monoisotopic (exact) mass is 250 g/mol. The van der Waals surface area contributed by atoms with Crippen LogP contribution >= 0.6 is 0 Å². The van der Waals surface area contributed by atoms with E-state index in [9.17, 15) is 0 Å². The average molecular weight is 250 g/mol. The normalized spacial score (nSPS) is 11.9.